The number of alkyl halides is 3. The Morgan fingerprint density at radius 2 is 1.75 bits per heavy atom. The lowest BCUT2D eigenvalue weighted by molar-refractivity contribution is -0.136. The summed E-state index contributed by atoms with van der Waals surface area (Å²) in [4.78, 5) is 14.5. The van der Waals surface area contributed by atoms with Crippen molar-refractivity contribution in [3.05, 3.63) is 29.8 Å². The van der Waals surface area contributed by atoms with Gasteiger partial charge in [0.15, 0.2) is 0 Å². The third kappa shape index (κ3) is 6.41. The van der Waals surface area contributed by atoms with Crippen molar-refractivity contribution in [2.75, 3.05) is 6.54 Å². The lowest BCUT2D eigenvalue weighted by Crippen LogP contribution is -2.46. The molecule has 0 radical (unpaired) electrons. The van der Waals surface area contributed by atoms with E-state index in [4.69, 9.17) is 9.31 Å². The van der Waals surface area contributed by atoms with E-state index < -0.39 is 37.0 Å². The second-order valence-corrected chi connectivity index (χ2v) is 9.43. The van der Waals surface area contributed by atoms with Gasteiger partial charge >= 0.3 is 19.3 Å². The fourth-order valence-corrected chi connectivity index (χ4v) is 3.69. The average Bonchev–Trinajstić information content (AvgIpc) is 2.92. The molecule has 0 aromatic heterocycles. The number of hydrogen-bond acceptors (Lipinski definition) is 3. The van der Waals surface area contributed by atoms with Crippen molar-refractivity contribution in [1.82, 2.24) is 10.2 Å². The standard InChI is InChI=1S/C23H36BF3N2O3/c1-8-19(13-14-23(25,26)27)28-20(30)29(9-2)16(3)17-11-10-12-18(15-17)24-31-21(4,5)22(6,7)32-24/h10-12,15-16,19H,8-9,13-14H2,1-7H3,(H,28,30). The van der Waals surface area contributed by atoms with Gasteiger partial charge < -0.3 is 19.5 Å². The number of carbonyl (C=O) groups excluding carboxylic acids is 1. The number of benzene rings is 1. The normalized spacial score (nSPS) is 19.5. The molecule has 2 unspecified atom stereocenters. The maximum Gasteiger partial charge on any atom is 0.494 e. The summed E-state index contributed by atoms with van der Waals surface area (Å²) < 4.78 is 50.0. The summed E-state index contributed by atoms with van der Waals surface area (Å²) in [7, 11) is -0.511. The van der Waals surface area contributed by atoms with E-state index in [1.165, 1.54) is 0 Å². The van der Waals surface area contributed by atoms with E-state index >= 15 is 0 Å². The number of nitrogens with zero attached hydrogens (tertiary/aromatic N) is 1. The van der Waals surface area contributed by atoms with Crippen molar-refractivity contribution in [3.63, 3.8) is 0 Å². The number of hydrogen-bond donors (Lipinski definition) is 1. The largest absolute Gasteiger partial charge is 0.494 e. The van der Waals surface area contributed by atoms with Crippen LogP contribution in [0.4, 0.5) is 18.0 Å². The van der Waals surface area contributed by atoms with Crippen LogP contribution in [0.1, 0.15) is 79.3 Å². The molecule has 2 rings (SSSR count). The molecule has 1 N–H and O–H groups in total. The van der Waals surface area contributed by atoms with E-state index in [1.54, 1.807) is 11.8 Å². The molecule has 1 aromatic rings. The highest BCUT2D eigenvalue weighted by atomic mass is 19.4. The van der Waals surface area contributed by atoms with E-state index in [9.17, 15) is 18.0 Å². The molecule has 1 heterocycles. The van der Waals surface area contributed by atoms with E-state index in [0.717, 1.165) is 11.0 Å². The Bertz CT molecular complexity index is 770. The summed E-state index contributed by atoms with van der Waals surface area (Å²) in [5, 5.41) is 2.77. The van der Waals surface area contributed by atoms with Gasteiger partial charge in [0.05, 0.1) is 17.2 Å². The minimum absolute atomic E-state index is 0.130. The number of carbonyl (C=O) groups is 1. The van der Waals surface area contributed by atoms with Crippen molar-refractivity contribution in [3.8, 4) is 0 Å². The number of rotatable bonds is 8. The highest BCUT2D eigenvalue weighted by molar-refractivity contribution is 6.62. The lowest BCUT2D eigenvalue weighted by Gasteiger charge is -2.32. The molecule has 9 heteroatoms. The van der Waals surface area contributed by atoms with E-state index in [0.29, 0.717) is 13.0 Å². The predicted molar refractivity (Wildman–Crippen MR) is 121 cm³/mol. The fourth-order valence-electron chi connectivity index (χ4n) is 3.69. The molecule has 0 spiro atoms. The van der Waals surface area contributed by atoms with Gasteiger partial charge in [-0.3, -0.25) is 0 Å². The van der Waals surface area contributed by atoms with Crippen LogP contribution in [0.5, 0.6) is 0 Å². The molecule has 2 atom stereocenters. The minimum Gasteiger partial charge on any atom is -0.399 e. The lowest BCUT2D eigenvalue weighted by atomic mass is 9.78. The molecule has 0 saturated carbocycles. The summed E-state index contributed by atoms with van der Waals surface area (Å²) in [6, 6.07) is 6.55. The van der Waals surface area contributed by atoms with Gasteiger partial charge in [-0.2, -0.15) is 13.2 Å². The van der Waals surface area contributed by atoms with Crippen LogP contribution in [0.2, 0.25) is 0 Å². The first-order valence-electron chi connectivity index (χ1n) is 11.3. The molecule has 180 valence electrons. The molecule has 1 aliphatic heterocycles. The van der Waals surface area contributed by atoms with Gasteiger partial charge in [-0.05, 0) is 65.4 Å². The molecule has 1 aliphatic rings. The summed E-state index contributed by atoms with van der Waals surface area (Å²) in [6.07, 6.45) is -4.84. The third-order valence-electron chi connectivity index (χ3n) is 6.58. The molecular formula is C23H36BF3N2O3. The van der Waals surface area contributed by atoms with Crippen LogP contribution in [-0.2, 0) is 9.31 Å². The first-order chi connectivity index (χ1) is 14.7. The van der Waals surface area contributed by atoms with Gasteiger partial charge in [0.1, 0.15) is 0 Å². The summed E-state index contributed by atoms with van der Waals surface area (Å²) in [5.74, 6) is 0. The Kier molecular flexibility index (Phi) is 8.32. The van der Waals surface area contributed by atoms with Crippen LogP contribution in [0.15, 0.2) is 24.3 Å². The maximum absolute atomic E-state index is 12.9. The van der Waals surface area contributed by atoms with Gasteiger partial charge in [0.2, 0.25) is 0 Å². The van der Waals surface area contributed by atoms with Crippen molar-refractivity contribution in [1.29, 1.82) is 0 Å². The molecule has 1 fully saturated rings. The van der Waals surface area contributed by atoms with E-state index in [1.807, 2.05) is 65.8 Å². The highest BCUT2D eigenvalue weighted by Crippen LogP contribution is 2.36. The number of halogens is 3. The number of urea groups is 1. The second kappa shape index (κ2) is 10.0. The zero-order valence-electron chi connectivity index (χ0n) is 20.2. The van der Waals surface area contributed by atoms with Crippen molar-refractivity contribution in [2.45, 2.75) is 97.2 Å². The quantitative estimate of drug-likeness (QED) is 0.548. The van der Waals surface area contributed by atoms with Crippen LogP contribution in [0.3, 0.4) is 0 Å². The first kappa shape index (κ1) is 26.5. The average molecular weight is 456 g/mol. The minimum atomic E-state index is -4.23. The second-order valence-electron chi connectivity index (χ2n) is 9.43. The van der Waals surface area contributed by atoms with Crippen LogP contribution in [0.25, 0.3) is 0 Å². The number of amides is 2. The summed E-state index contributed by atoms with van der Waals surface area (Å²) >= 11 is 0. The Hall–Kier alpha value is -1.74. The smallest absolute Gasteiger partial charge is 0.399 e. The van der Waals surface area contributed by atoms with Crippen LogP contribution in [0, 0.1) is 0 Å². The van der Waals surface area contributed by atoms with Gasteiger partial charge in [-0.15, -0.1) is 0 Å². The topological polar surface area (TPSA) is 50.8 Å². The van der Waals surface area contributed by atoms with Gasteiger partial charge in [-0.1, -0.05) is 31.2 Å². The Balaban J connectivity index is 2.12. The summed E-state index contributed by atoms with van der Waals surface area (Å²) in [5.41, 5.74) is 0.846. The van der Waals surface area contributed by atoms with Crippen LogP contribution < -0.4 is 10.8 Å². The van der Waals surface area contributed by atoms with Crippen molar-refractivity contribution < 1.29 is 27.3 Å². The molecule has 32 heavy (non-hydrogen) atoms. The Morgan fingerprint density at radius 1 is 1.16 bits per heavy atom. The van der Waals surface area contributed by atoms with Crippen LogP contribution >= 0.6 is 0 Å². The van der Waals surface area contributed by atoms with E-state index in [2.05, 4.69) is 5.32 Å². The molecule has 1 aromatic carbocycles. The maximum atomic E-state index is 12.9. The SMILES string of the molecule is CCC(CCC(F)(F)F)NC(=O)N(CC)C(C)c1cccc(B2OC(C)(C)C(C)(C)O2)c1. The predicted octanol–water partition coefficient (Wildman–Crippen LogP) is 5.20. The summed E-state index contributed by atoms with van der Waals surface area (Å²) in [6.45, 7) is 13.9. The molecule has 0 bridgehead atoms. The van der Waals surface area contributed by atoms with E-state index in [-0.39, 0.29) is 18.5 Å². The first-order valence-corrected chi connectivity index (χ1v) is 11.3. The fraction of sp³-hybridized carbons (Fsp3) is 0.696. The Morgan fingerprint density at radius 3 is 2.25 bits per heavy atom. The zero-order chi connectivity index (χ0) is 24.3. The van der Waals surface area contributed by atoms with Crippen molar-refractivity contribution >= 4 is 18.6 Å². The molecule has 0 aliphatic carbocycles. The van der Waals surface area contributed by atoms with Gasteiger partial charge in [-0.25, -0.2) is 4.79 Å². The number of nitrogens with one attached hydrogen (secondary N) is 1. The molecule has 5 nitrogen and oxygen atoms in total. The Labute approximate surface area is 190 Å². The van der Waals surface area contributed by atoms with Crippen LogP contribution in [-0.4, -0.2) is 48.0 Å². The highest BCUT2D eigenvalue weighted by Gasteiger charge is 2.51. The zero-order valence-corrected chi connectivity index (χ0v) is 20.2. The monoisotopic (exact) mass is 456 g/mol. The third-order valence-corrected chi connectivity index (χ3v) is 6.58. The molecule has 1 saturated heterocycles. The van der Waals surface area contributed by atoms with Gasteiger partial charge in [0.25, 0.3) is 0 Å². The van der Waals surface area contributed by atoms with Gasteiger partial charge in [0, 0.05) is 19.0 Å². The van der Waals surface area contributed by atoms with Crippen molar-refractivity contribution in [2.24, 2.45) is 0 Å². The molecular weight excluding hydrogens is 420 g/mol. The molecule has 2 amide bonds.